The molecule has 1 fully saturated rings. The summed E-state index contributed by atoms with van der Waals surface area (Å²) in [4.78, 5) is 38.1. The van der Waals surface area contributed by atoms with E-state index in [1.807, 2.05) is 0 Å². The van der Waals surface area contributed by atoms with Gasteiger partial charge in [0, 0.05) is 37.3 Å². The Balaban J connectivity index is 1.56. The third-order valence-corrected chi connectivity index (χ3v) is 5.00. The molecular weight excluding hydrogens is 378 g/mol. The third kappa shape index (κ3) is 4.89. The van der Waals surface area contributed by atoms with E-state index < -0.39 is 0 Å². The van der Waals surface area contributed by atoms with Gasteiger partial charge in [-0.05, 0) is 43.2 Å². The first-order valence-corrected chi connectivity index (χ1v) is 9.54. The van der Waals surface area contributed by atoms with Crippen LogP contribution in [0.15, 0.2) is 48.5 Å². The van der Waals surface area contributed by atoms with E-state index in [2.05, 4.69) is 10.6 Å². The van der Waals surface area contributed by atoms with Crippen molar-refractivity contribution in [2.45, 2.75) is 25.8 Å². The molecule has 6 nitrogen and oxygen atoms in total. The van der Waals surface area contributed by atoms with Crippen LogP contribution < -0.4 is 10.6 Å². The summed E-state index contributed by atoms with van der Waals surface area (Å²) in [5.74, 6) is -0.457. The fourth-order valence-electron chi connectivity index (χ4n) is 3.25. The summed E-state index contributed by atoms with van der Waals surface area (Å²) in [6, 6.07) is 13.8. The first-order chi connectivity index (χ1) is 13.4. The largest absolute Gasteiger partial charge is 0.349 e. The van der Waals surface area contributed by atoms with Crippen LogP contribution in [-0.4, -0.2) is 41.8 Å². The molecule has 0 saturated carbocycles. The molecule has 0 spiro atoms. The molecule has 0 aromatic heterocycles. The molecule has 0 bridgehead atoms. The third-order valence-electron chi connectivity index (χ3n) is 4.67. The Bertz CT molecular complexity index is 892. The normalized spacial score (nSPS) is 14.4. The standard InChI is InChI=1S/C21H22ClN3O3/c1-14(26)23-17-6-4-5-15(13-17)21(28)25-11-9-16(10-12-25)24-20(27)18-7-2-3-8-19(18)22/h2-8,13,16H,9-12H2,1H3,(H,23,26)(H,24,27). The average molecular weight is 400 g/mol. The fraction of sp³-hybridized carbons (Fsp3) is 0.286. The molecule has 1 heterocycles. The maximum absolute atomic E-state index is 12.7. The number of nitrogens with zero attached hydrogens (tertiary/aromatic N) is 1. The molecule has 1 aliphatic heterocycles. The van der Waals surface area contributed by atoms with Crippen molar-refractivity contribution in [1.29, 1.82) is 0 Å². The molecule has 0 atom stereocenters. The van der Waals surface area contributed by atoms with Gasteiger partial charge in [0.15, 0.2) is 0 Å². The van der Waals surface area contributed by atoms with E-state index in [9.17, 15) is 14.4 Å². The van der Waals surface area contributed by atoms with Crippen molar-refractivity contribution in [3.05, 3.63) is 64.7 Å². The van der Waals surface area contributed by atoms with Crippen molar-refractivity contribution in [2.75, 3.05) is 18.4 Å². The second-order valence-corrected chi connectivity index (χ2v) is 7.19. The van der Waals surface area contributed by atoms with Gasteiger partial charge in [0.25, 0.3) is 11.8 Å². The molecule has 1 aliphatic rings. The Labute approximate surface area is 168 Å². The minimum Gasteiger partial charge on any atom is -0.349 e. The minimum atomic E-state index is -0.196. The van der Waals surface area contributed by atoms with Crippen LogP contribution in [0.4, 0.5) is 5.69 Å². The lowest BCUT2D eigenvalue weighted by Crippen LogP contribution is -2.46. The number of carbonyl (C=O) groups excluding carboxylic acids is 3. The highest BCUT2D eigenvalue weighted by molar-refractivity contribution is 6.33. The van der Waals surface area contributed by atoms with Gasteiger partial charge < -0.3 is 15.5 Å². The molecule has 146 valence electrons. The number of carbonyl (C=O) groups is 3. The van der Waals surface area contributed by atoms with Gasteiger partial charge in [-0.1, -0.05) is 29.8 Å². The van der Waals surface area contributed by atoms with E-state index >= 15 is 0 Å². The van der Waals surface area contributed by atoms with Crippen LogP contribution in [0.25, 0.3) is 0 Å². The van der Waals surface area contributed by atoms with Crippen LogP contribution in [0.1, 0.15) is 40.5 Å². The first-order valence-electron chi connectivity index (χ1n) is 9.16. The summed E-state index contributed by atoms with van der Waals surface area (Å²) in [5, 5.41) is 6.10. The molecule has 28 heavy (non-hydrogen) atoms. The molecule has 2 N–H and O–H groups in total. The van der Waals surface area contributed by atoms with Gasteiger partial charge in [-0.2, -0.15) is 0 Å². The fourth-order valence-corrected chi connectivity index (χ4v) is 3.47. The summed E-state index contributed by atoms with van der Waals surface area (Å²) < 4.78 is 0. The number of hydrogen-bond acceptors (Lipinski definition) is 3. The predicted molar refractivity (Wildman–Crippen MR) is 109 cm³/mol. The molecule has 3 rings (SSSR count). The van der Waals surface area contributed by atoms with Crippen molar-refractivity contribution < 1.29 is 14.4 Å². The van der Waals surface area contributed by atoms with Gasteiger partial charge in [0.2, 0.25) is 5.91 Å². The lowest BCUT2D eigenvalue weighted by Gasteiger charge is -2.32. The number of rotatable bonds is 4. The van der Waals surface area contributed by atoms with Crippen LogP contribution in [0.5, 0.6) is 0 Å². The van der Waals surface area contributed by atoms with E-state index in [1.54, 1.807) is 53.4 Å². The van der Waals surface area contributed by atoms with E-state index in [0.29, 0.717) is 47.8 Å². The molecule has 7 heteroatoms. The summed E-state index contributed by atoms with van der Waals surface area (Å²) in [6.07, 6.45) is 1.35. The second kappa shape index (κ2) is 8.89. The first kappa shape index (κ1) is 19.9. The molecular formula is C21H22ClN3O3. The number of nitrogens with one attached hydrogen (secondary N) is 2. The number of halogens is 1. The smallest absolute Gasteiger partial charge is 0.253 e. The summed E-state index contributed by atoms with van der Waals surface area (Å²) in [6.45, 7) is 2.53. The maximum atomic E-state index is 12.7. The van der Waals surface area contributed by atoms with Crippen molar-refractivity contribution in [3.8, 4) is 0 Å². The average Bonchev–Trinajstić information content (AvgIpc) is 2.68. The quantitative estimate of drug-likeness (QED) is 0.827. The number of benzene rings is 2. The Morgan fingerprint density at radius 3 is 2.43 bits per heavy atom. The van der Waals surface area contributed by atoms with Gasteiger partial charge in [0.1, 0.15) is 0 Å². The number of hydrogen-bond donors (Lipinski definition) is 2. The highest BCUT2D eigenvalue weighted by Gasteiger charge is 2.25. The highest BCUT2D eigenvalue weighted by atomic mass is 35.5. The lowest BCUT2D eigenvalue weighted by atomic mass is 10.0. The van der Waals surface area contributed by atoms with E-state index in [1.165, 1.54) is 6.92 Å². The topological polar surface area (TPSA) is 78.5 Å². The van der Waals surface area contributed by atoms with Crippen LogP contribution in [0.2, 0.25) is 5.02 Å². The molecule has 0 aliphatic carbocycles. The maximum Gasteiger partial charge on any atom is 0.253 e. The Morgan fingerprint density at radius 2 is 1.75 bits per heavy atom. The van der Waals surface area contributed by atoms with Crippen LogP contribution in [0.3, 0.4) is 0 Å². The van der Waals surface area contributed by atoms with Gasteiger partial charge >= 0.3 is 0 Å². The van der Waals surface area contributed by atoms with Gasteiger partial charge in [-0.3, -0.25) is 14.4 Å². The SMILES string of the molecule is CC(=O)Nc1cccc(C(=O)N2CCC(NC(=O)c3ccccc3Cl)CC2)c1. The monoisotopic (exact) mass is 399 g/mol. The van der Waals surface area contributed by atoms with E-state index in [-0.39, 0.29) is 23.8 Å². The van der Waals surface area contributed by atoms with Crippen LogP contribution in [-0.2, 0) is 4.79 Å². The zero-order chi connectivity index (χ0) is 20.1. The molecule has 2 aromatic carbocycles. The van der Waals surface area contributed by atoms with Crippen LogP contribution in [0, 0.1) is 0 Å². The van der Waals surface area contributed by atoms with Crippen molar-refractivity contribution >= 4 is 35.0 Å². The molecule has 0 radical (unpaired) electrons. The number of piperidine rings is 1. The van der Waals surface area contributed by atoms with Crippen molar-refractivity contribution in [3.63, 3.8) is 0 Å². The number of amides is 3. The van der Waals surface area contributed by atoms with Crippen LogP contribution >= 0.6 is 11.6 Å². The molecule has 2 aromatic rings. The summed E-state index contributed by atoms with van der Waals surface area (Å²) in [7, 11) is 0. The highest BCUT2D eigenvalue weighted by Crippen LogP contribution is 2.19. The predicted octanol–water partition coefficient (Wildman–Crippen LogP) is 3.33. The Morgan fingerprint density at radius 1 is 1.04 bits per heavy atom. The zero-order valence-electron chi connectivity index (χ0n) is 15.6. The van der Waals surface area contributed by atoms with E-state index in [4.69, 9.17) is 11.6 Å². The van der Waals surface area contributed by atoms with Gasteiger partial charge in [-0.25, -0.2) is 0 Å². The van der Waals surface area contributed by atoms with Crippen molar-refractivity contribution in [2.24, 2.45) is 0 Å². The lowest BCUT2D eigenvalue weighted by molar-refractivity contribution is -0.114. The number of likely N-dealkylation sites (tertiary alicyclic amines) is 1. The Hall–Kier alpha value is -2.86. The Kier molecular flexibility index (Phi) is 6.31. The molecule has 1 saturated heterocycles. The second-order valence-electron chi connectivity index (χ2n) is 6.78. The minimum absolute atomic E-state index is 0.00135. The summed E-state index contributed by atoms with van der Waals surface area (Å²) >= 11 is 6.07. The molecule has 0 unspecified atom stereocenters. The van der Waals surface area contributed by atoms with Crippen molar-refractivity contribution in [1.82, 2.24) is 10.2 Å². The number of anilines is 1. The van der Waals surface area contributed by atoms with E-state index in [0.717, 1.165) is 0 Å². The molecule has 3 amide bonds. The van der Waals surface area contributed by atoms with Gasteiger partial charge in [0.05, 0.1) is 10.6 Å². The summed E-state index contributed by atoms with van der Waals surface area (Å²) in [5.41, 5.74) is 1.59. The zero-order valence-corrected chi connectivity index (χ0v) is 16.3. The van der Waals surface area contributed by atoms with Gasteiger partial charge in [-0.15, -0.1) is 0 Å².